The molecule has 6 heteroatoms. The molecule has 0 unspecified atom stereocenters. The van der Waals surface area contributed by atoms with Crippen LogP contribution in [0.4, 0.5) is 0 Å². The van der Waals surface area contributed by atoms with Crippen LogP contribution in [0.5, 0.6) is 0 Å². The van der Waals surface area contributed by atoms with E-state index in [0.29, 0.717) is 0 Å². The molecule has 2 saturated heterocycles. The minimum absolute atomic E-state index is 0.0727. The zero-order valence-corrected chi connectivity index (χ0v) is 10.4. The van der Waals surface area contributed by atoms with E-state index in [-0.39, 0.29) is 15.9 Å². The molecule has 2 aliphatic rings. The number of rotatable bonds is 1. The quantitative estimate of drug-likeness (QED) is 0.621. The number of hydrogen-bond acceptors (Lipinski definition) is 5. The summed E-state index contributed by atoms with van der Waals surface area (Å²) in [5.41, 5.74) is 0. The van der Waals surface area contributed by atoms with Gasteiger partial charge in [0.15, 0.2) is 5.17 Å². The molecule has 4 nitrogen and oxygen atoms in total. The molecule has 0 aromatic rings. The van der Waals surface area contributed by atoms with Crippen LogP contribution in [0.25, 0.3) is 0 Å². The molecule has 0 amide bonds. The van der Waals surface area contributed by atoms with Gasteiger partial charge in [0.25, 0.3) is 0 Å². The minimum Gasteiger partial charge on any atom is -0.389 e. The second kappa shape index (κ2) is 4.53. The maximum absolute atomic E-state index is 9.97. The average molecular weight is 248 g/mol. The van der Waals surface area contributed by atoms with Gasteiger partial charge in [-0.1, -0.05) is 18.7 Å². The fourth-order valence-electron chi connectivity index (χ4n) is 1.93. The summed E-state index contributed by atoms with van der Waals surface area (Å²) in [6.07, 6.45) is -0.441. The van der Waals surface area contributed by atoms with Crippen LogP contribution >= 0.6 is 23.5 Å². The molecule has 0 radical (unpaired) electrons. The van der Waals surface area contributed by atoms with Gasteiger partial charge in [0.05, 0.1) is 16.7 Å². The van der Waals surface area contributed by atoms with Crippen molar-refractivity contribution in [2.75, 3.05) is 7.05 Å². The maximum Gasteiger partial charge on any atom is 0.157 e. The third-order valence-electron chi connectivity index (χ3n) is 2.82. The van der Waals surface area contributed by atoms with E-state index in [2.05, 4.69) is 10.3 Å². The van der Waals surface area contributed by atoms with Gasteiger partial charge in [-0.3, -0.25) is 4.99 Å². The van der Waals surface area contributed by atoms with Gasteiger partial charge in [0, 0.05) is 12.3 Å². The molecular formula is C9H16N2O2S2. The molecule has 3 N–H and O–H groups in total. The number of aliphatic imine (C=N–C) groups is 1. The monoisotopic (exact) mass is 248 g/mol. The second-order valence-electron chi connectivity index (χ2n) is 3.75. The molecule has 0 saturated carbocycles. The topological polar surface area (TPSA) is 64.9 Å². The molecular weight excluding hydrogens is 232 g/mol. The Morgan fingerprint density at radius 1 is 1.40 bits per heavy atom. The lowest BCUT2D eigenvalue weighted by Crippen LogP contribution is -2.55. The van der Waals surface area contributed by atoms with Crippen LogP contribution in [0.3, 0.4) is 0 Å². The smallest absolute Gasteiger partial charge is 0.157 e. The molecule has 0 spiro atoms. The molecule has 0 aromatic heterocycles. The predicted molar refractivity (Wildman–Crippen MR) is 65.3 cm³/mol. The standard InChI is InChI=1S/C9H16N2O2S2/c1-3-4-6(12)7(13)5-8(14-4)15-9(10-2)11-5/h4-8,12-13H,3H2,1-2H3,(H,10,11)/t4-,5-,6-,7-,8-/m1/s1. The predicted octanol–water partition coefficient (Wildman–Crippen LogP) is 0.250. The summed E-state index contributed by atoms with van der Waals surface area (Å²) in [5.74, 6) is 0. The molecule has 86 valence electrons. The Bertz CT molecular complexity index is 275. The van der Waals surface area contributed by atoms with Crippen LogP contribution in [-0.2, 0) is 0 Å². The van der Waals surface area contributed by atoms with E-state index in [1.807, 2.05) is 6.92 Å². The van der Waals surface area contributed by atoms with Gasteiger partial charge in [-0.15, -0.1) is 11.8 Å². The zero-order chi connectivity index (χ0) is 11.0. The number of fused-ring (bicyclic) bond motifs is 1. The van der Waals surface area contributed by atoms with Crippen molar-refractivity contribution < 1.29 is 10.2 Å². The number of aliphatic hydroxyl groups excluding tert-OH is 2. The fraction of sp³-hybridized carbons (Fsp3) is 0.889. The van der Waals surface area contributed by atoms with Crippen molar-refractivity contribution in [3.8, 4) is 0 Å². The van der Waals surface area contributed by atoms with Gasteiger partial charge in [-0.25, -0.2) is 0 Å². The molecule has 0 aliphatic carbocycles. The van der Waals surface area contributed by atoms with Crippen LogP contribution in [0, 0.1) is 0 Å². The number of nitrogens with one attached hydrogen (secondary N) is 1. The van der Waals surface area contributed by atoms with E-state index in [4.69, 9.17) is 0 Å². The molecule has 0 bridgehead atoms. The van der Waals surface area contributed by atoms with Crippen LogP contribution in [0.1, 0.15) is 13.3 Å². The van der Waals surface area contributed by atoms with E-state index in [1.165, 1.54) is 0 Å². The summed E-state index contributed by atoms with van der Waals surface area (Å²) in [6, 6.07) is -0.0727. The first kappa shape index (κ1) is 11.6. The number of aliphatic hydroxyl groups is 2. The highest BCUT2D eigenvalue weighted by molar-refractivity contribution is 8.25. The summed E-state index contributed by atoms with van der Waals surface area (Å²) >= 11 is 3.39. The molecule has 2 aliphatic heterocycles. The van der Waals surface area contributed by atoms with Crippen LogP contribution < -0.4 is 5.32 Å². The Labute approximate surface area is 97.9 Å². The third-order valence-corrected chi connectivity index (χ3v) is 6.02. The van der Waals surface area contributed by atoms with Crippen molar-refractivity contribution in [1.82, 2.24) is 5.32 Å². The first-order valence-electron chi connectivity index (χ1n) is 5.09. The van der Waals surface area contributed by atoms with Crippen molar-refractivity contribution in [1.29, 1.82) is 0 Å². The third kappa shape index (κ3) is 2.00. The van der Waals surface area contributed by atoms with Gasteiger partial charge in [-0.2, -0.15) is 0 Å². The summed E-state index contributed by atoms with van der Waals surface area (Å²) in [6.45, 7) is 2.04. The van der Waals surface area contributed by atoms with Crippen molar-refractivity contribution in [2.45, 2.75) is 41.4 Å². The minimum atomic E-state index is -0.687. The second-order valence-corrected chi connectivity index (χ2v) is 6.56. The van der Waals surface area contributed by atoms with Crippen LogP contribution in [-0.4, -0.2) is 50.5 Å². The van der Waals surface area contributed by atoms with Gasteiger partial charge < -0.3 is 15.5 Å². The molecule has 15 heavy (non-hydrogen) atoms. The Kier molecular flexibility index (Phi) is 3.49. The number of hydrogen-bond donors (Lipinski definition) is 3. The largest absolute Gasteiger partial charge is 0.389 e. The van der Waals surface area contributed by atoms with Gasteiger partial charge in [0.1, 0.15) is 6.10 Å². The SMILES string of the molecule is CC[C@H]1S[C@@H]2SC(=NC)N[C@@H]2[C@@H](O)[C@@H]1O. The first-order valence-corrected chi connectivity index (χ1v) is 6.91. The van der Waals surface area contributed by atoms with E-state index in [0.717, 1.165) is 11.6 Å². The average Bonchev–Trinajstić information content (AvgIpc) is 2.66. The van der Waals surface area contributed by atoms with Gasteiger partial charge in [-0.05, 0) is 6.42 Å². The number of amidine groups is 1. The van der Waals surface area contributed by atoms with Crippen molar-refractivity contribution in [3.05, 3.63) is 0 Å². The fourth-order valence-corrected chi connectivity index (χ4v) is 5.01. The lowest BCUT2D eigenvalue weighted by atomic mass is 10.0. The summed E-state index contributed by atoms with van der Waals surface area (Å²) in [7, 11) is 1.73. The molecule has 2 rings (SSSR count). The lowest BCUT2D eigenvalue weighted by Gasteiger charge is -2.37. The Morgan fingerprint density at radius 2 is 2.13 bits per heavy atom. The van der Waals surface area contributed by atoms with Crippen LogP contribution in [0.15, 0.2) is 4.99 Å². The van der Waals surface area contributed by atoms with Crippen molar-refractivity contribution in [3.63, 3.8) is 0 Å². The Morgan fingerprint density at radius 3 is 2.73 bits per heavy atom. The molecule has 0 aromatic carbocycles. The van der Waals surface area contributed by atoms with Gasteiger partial charge in [0.2, 0.25) is 0 Å². The van der Waals surface area contributed by atoms with E-state index in [9.17, 15) is 10.2 Å². The highest BCUT2D eigenvalue weighted by Gasteiger charge is 2.47. The van der Waals surface area contributed by atoms with Crippen LogP contribution in [0.2, 0.25) is 0 Å². The zero-order valence-electron chi connectivity index (χ0n) is 8.75. The molecule has 2 heterocycles. The summed E-state index contributed by atoms with van der Waals surface area (Å²) in [5, 5.41) is 24.0. The van der Waals surface area contributed by atoms with E-state index in [1.54, 1.807) is 30.6 Å². The molecule has 5 atom stereocenters. The van der Waals surface area contributed by atoms with Gasteiger partial charge >= 0.3 is 0 Å². The first-order chi connectivity index (χ1) is 7.17. The Hall–Kier alpha value is 0.0900. The van der Waals surface area contributed by atoms with Crippen molar-refractivity contribution in [2.24, 2.45) is 4.99 Å². The summed E-state index contributed by atoms with van der Waals surface area (Å²) in [4.78, 5) is 4.08. The maximum atomic E-state index is 9.97. The Balaban J connectivity index is 2.13. The van der Waals surface area contributed by atoms with E-state index < -0.39 is 12.2 Å². The highest BCUT2D eigenvalue weighted by atomic mass is 32.2. The molecule has 2 fully saturated rings. The lowest BCUT2D eigenvalue weighted by molar-refractivity contribution is -0.00192. The van der Waals surface area contributed by atoms with Crippen molar-refractivity contribution >= 4 is 28.7 Å². The number of nitrogens with zero attached hydrogens (tertiary/aromatic N) is 1. The summed E-state index contributed by atoms with van der Waals surface area (Å²) < 4.78 is 0.270. The van der Waals surface area contributed by atoms with E-state index >= 15 is 0 Å². The normalized spacial score (nSPS) is 47.7. The number of thioether (sulfide) groups is 2. The highest BCUT2D eigenvalue weighted by Crippen LogP contribution is 2.43.